The van der Waals surface area contributed by atoms with E-state index in [1.54, 1.807) is 0 Å². The molecule has 0 fully saturated rings. The Hall–Kier alpha value is -1.47. The minimum absolute atomic E-state index is 0.0793. The lowest BCUT2D eigenvalue weighted by molar-refractivity contribution is -0.161. The van der Waals surface area contributed by atoms with Crippen molar-refractivity contribution in [2.45, 2.75) is 233 Å². The molecule has 0 radical (unpaired) electrons. The number of rotatable bonds is 40. The maximum Gasteiger partial charge on any atom is 0.472 e. The SMILES string of the molecule is CCCCCCCC/C=C/CCCCCCCC(=O)OCC(COP(=O)(O)OCCCC(C)(C)C)OC(=O)CCCCCCC/C=C/CCCCCCCC. The van der Waals surface area contributed by atoms with Gasteiger partial charge in [0.15, 0.2) is 6.10 Å². The molecule has 9 heteroatoms. The highest BCUT2D eigenvalue weighted by Crippen LogP contribution is 2.43. The van der Waals surface area contributed by atoms with Crippen molar-refractivity contribution in [2.24, 2.45) is 5.41 Å². The summed E-state index contributed by atoms with van der Waals surface area (Å²) < 4.78 is 33.9. The van der Waals surface area contributed by atoms with Gasteiger partial charge in [-0.05, 0) is 82.5 Å². The lowest BCUT2D eigenvalue weighted by Crippen LogP contribution is -2.29. The number of esters is 2. The molecule has 0 aliphatic rings. The Morgan fingerprint density at radius 1 is 0.545 bits per heavy atom. The second-order valence-electron chi connectivity index (χ2n) is 16.7. The molecule has 0 rings (SSSR count). The second-order valence-corrected chi connectivity index (χ2v) is 18.2. The molecule has 0 saturated heterocycles. The van der Waals surface area contributed by atoms with Crippen LogP contribution in [0.3, 0.4) is 0 Å². The number of allylic oxidation sites excluding steroid dienone is 4. The van der Waals surface area contributed by atoms with Gasteiger partial charge in [-0.15, -0.1) is 0 Å². The Kier molecular flexibility index (Phi) is 37.1. The molecule has 55 heavy (non-hydrogen) atoms. The number of hydrogen-bond donors (Lipinski definition) is 1. The van der Waals surface area contributed by atoms with Gasteiger partial charge in [0, 0.05) is 12.8 Å². The third kappa shape index (κ3) is 42.0. The van der Waals surface area contributed by atoms with Crippen LogP contribution in [0.5, 0.6) is 0 Å². The number of unbranched alkanes of at least 4 members (excludes halogenated alkanes) is 22. The van der Waals surface area contributed by atoms with Crippen molar-refractivity contribution in [1.82, 2.24) is 0 Å². The maximum atomic E-state index is 12.7. The van der Waals surface area contributed by atoms with E-state index in [2.05, 4.69) is 58.9 Å². The standard InChI is InChI=1S/C46H87O8P/c1-6-8-10-12-14-16-18-20-22-24-26-28-30-32-34-37-44(47)51-41-43(42-53-55(49,50)52-40-36-39-46(3,4)5)54-45(48)38-35-33-31-29-27-25-23-21-19-17-15-13-11-9-7-2/h20-23,43H,6-19,24-42H2,1-5H3,(H,49,50)/b22-20+,23-21+. The lowest BCUT2D eigenvalue weighted by atomic mass is 9.91. The minimum Gasteiger partial charge on any atom is -0.462 e. The average Bonchev–Trinajstić information content (AvgIpc) is 3.14. The third-order valence-electron chi connectivity index (χ3n) is 9.76. The van der Waals surface area contributed by atoms with E-state index in [0.717, 1.165) is 77.0 Å². The summed E-state index contributed by atoms with van der Waals surface area (Å²) in [6, 6.07) is 0. The van der Waals surface area contributed by atoms with Crippen molar-refractivity contribution in [1.29, 1.82) is 0 Å². The summed E-state index contributed by atoms with van der Waals surface area (Å²) >= 11 is 0. The van der Waals surface area contributed by atoms with E-state index < -0.39 is 26.5 Å². The number of phosphoric ester groups is 1. The molecular weight excluding hydrogens is 711 g/mol. The van der Waals surface area contributed by atoms with Gasteiger partial charge < -0.3 is 14.4 Å². The van der Waals surface area contributed by atoms with Crippen molar-refractivity contribution in [3.05, 3.63) is 24.3 Å². The fraction of sp³-hybridized carbons (Fsp3) is 0.870. The van der Waals surface area contributed by atoms with E-state index >= 15 is 0 Å². The summed E-state index contributed by atoms with van der Waals surface area (Å²) in [6.07, 6.45) is 40.8. The maximum absolute atomic E-state index is 12.7. The van der Waals surface area contributed by atoms with Gasteiger partial charge in [-0.25, -0.2) is 4.57 Å². The second kappa shape index (κ2) is 38.1. The molecular formula is C46H87O8P. The molecule has 0 aromatic rings. The van der Waals surface area contributed by atoms with Gasteiger partial charge in [0.05, 0.1) is 13.2 Å². The predicted octanol–water partition coefficient (Wildman–Crippen LogP) is 14.5. The van der Waals surface area contributed by atoms with Crippen molar-refractivity contribution in [2.75, 3.05) is 19.8 Å². The van der Waals surface area contributed by atoms with Gasteiger partial charge in [0.1, 0.15) is 6.61 Å². The molecule has 0 aromatic carbocycles. The minimum atomic E-state index is -4.36. The monoisotopic (exact) mass is 799 g/mol. The number of ether oxygens (including phenoxy) is 2. The summed E-state index contributed by atoms with van der Waals surface area (Å²) in [5.41, 5.74) is 0.0842. The normalized spacial score (nSPS) is 13.8. The highest BCUT2D eigenvalue weighted by molar-refractivity contribution is 7.47. The van der Waals surface area contributed by atoms with Gasteiger partial charge in [-0.3, -0.25) is 18.6 Å². The number of hydrogen-bond acceptors (Lipinski definition) is 7. The lowest BCUT2D eigenvalue weighted by Gasteiger charge is -2.21. The summed E-state index contributed by atoms with van der Waals surface area (Å²) in [6.45, 7) is 10.2. The van der Waals surface area contributed by atoms with Gasteiger partial charge in [-0.2, -0.15) is 0 Å². The first kappa shape index (κ1) is 53.5. The quantitative estimate of drug-likeness (QED) is 0.0282. The molecule has 2 unspecified atom stereocenters. The van der Waals surface area contributed by atoms with Crippen LogP contribution in [0.25, 0.3) is 0 Å². The van der Waals surface area contributed by atoms with Gasteiger partial charge in [0.2, 0.25) is 0 Å². The molecule has 1 N–H and O–H groups in total. The van der Waals surface area contributed by atoms with E-state index in [1.807, 2.05) is 0 Å². The van der Waals surface area contributed by atoms with E-state index in [0.29, 0.717) is 12.8 Å². The number of carbonyl (C=O) groups is 2. The van der Waals surface area contributed by atoms with Gasteiger partial charge in [0.25, 0.3) is 0 Å². The van der Waals surface area contributed by atoms with Crippen molar-refractivity contribution < 1.29 is 37.6 Å². The number of phosphoric acid groups is 1. The highest BCUT2D eigenvalue weighted by atomic mass is 31.2. The molecule has 0 saturated carbocycles. The molecule has 0 aliphatic heterocycles. The van der Waals surface area contributed by atoms with Crippen molar-refractivity contribution in [3.63, 3.8) is 0 Å². The average molecular weight is 799 g/mol. The summed E-state index contributed by atoms with van der Waals surface area (Å²) in [5, 5.41) is 0. The van der Waals surface area contributed by atoms with Crippen molar-refractivity contribution >= 4 is 19.8 Å². The molecule has 2 atom stereocenters. The topological polar surface area (TPSA) is 108 Å². The van der Waals surface area contributed by atoms with Gasteiger partial charge in [-0.1, -0.05) is 162 Å². The molecule has 0 spiro atoms. The Morgan fingerprint density at radius 3 is 1.38 bits per heavy atom. The molecule has 0 amide bonds. The molecule has 324 valence electrons. The Balaban J connectivity index is 4.41. The molecule has 8 nitrogen and oxygen atoms in total. The van der Waals surface area contributed by atoms with E-state index in [9.17, 15) is 19.0 Å². The zero-order chi connectivity index (χ0) is 40.7. The smallest absolute Gasteiger partial charge is 0.462 e. The van der Waals surface area contributed by atoms with Gasteiger partial charge >= 0.3 is 19.8 Å². The summed E-state index contributed by atoms with van der Waals surface area (Å²) in [4.78, 5) is 35.4. The first-order chi connectivity index (χ1) is 26.5. The zero-order valence-electron chi connectivity index (χ0n) is 36.5. The molecule has 0 aliphatic carbocycles. The van der Waals surface area contributed by atoms with Crippen LogP contribution in [0.1, 0.15) is 227 Å². The Labute approximate surface area is 339 Å². The Bertz CT molecular complexity index is 989. The summed E-state index contributed by atoms with van der Waals surface area (Å²) in [5.74, 6) is -0.806. The third-order valence-corrected chi connectivity index (χ3v) is 10.7. The first-order valence-corrected chi connectivity index (χ1v) is 24.3. The fourth-order valence-corrected chi connectivity index (χ4v) is 7.09. The van der Waals surface area contributed by atoms with Crippen LogP contribution < -0.4 is 0 Å². The van der Waals surface area contributed by atoms with Crippen LogP contribution in [-0.2, 0) is 32.7 Å². The van der Waals surface area contributed by atoms with Crippen LogP contribution in [0.2, 0.25) is 0 Å². The van der Waals surface area contributed by atoms with E-state index in [4.69, 9.17) is 18.5 Å². The largest absolute Gasteiger partial charge is 0.472 e. The van der Waals surface area contributed by atoms with Crippen LogP contribution in [0, 0.1) is 5.41 Å². The van der Waals surface area contributed by atoms with Crippen molar-refractivity contribution in [3.8, 4) is 0 Å². The molecule has 0 aromatic heterocycles. The predicted molar refractivity (Wildman–Crippen MR) is 230 cm³/mol. The zero-order valence-corrected chi connectivity index (χ0v) is 37.4. The van der Waals surface area contributed by atoms with Crippen LogP contribution in [-0.4, -0.2) is 42.8 Å². The number of carbonyl (C=O) groups excluding carboxylic acids is 2. The van der Waals surface area contributed by atoms with E-state index in [-0.39, 0.29) is 37.4 Å². The van der Waals surface area contributed by atoms with Crippen LogP contribution >= 0.6 is 7.82 Å². The Morgan fingerprint density at radius 2 is 0.945 bits per heavy atom. The fourth-order valence-electron chi connectivity index (χ4n) is 6.30. The first-order valence-electron chi connectivity index (χ1n) is 22.8. The molecule has 0 bridgehead atoms. The molecule has 0 heterocycles. The van der Waals surface area contributed by atoms with Crippen LogP contribution in [0.4, 0.5) is 0 Å². The summed E-state index contributed by atoms with van der Waals surface area (Å²) in [7, 11) is -4.36. The van der Waals surface area contributed by atoms with Crippen LogP contribution in [0.15, 0.2) is 24.3 Å². The van der Waals surface area contributed by atoms with E-state index in [1.165, 1.54) is 89.9 Å². The highest BCUT2D eigenvalue weighted by Gasteiger charge is 2.26.